The Morgan fingerprint density at radius 1 is 0.967 bits per heavy atom. The molecule has 2 heterocycles. The molecule has 0 spiro atoms. The van der Waals surface area contributed by atoms with Gasteiger partial charge in [-0.1, -0.05) is 24.6 Å². The number of carbonyl (C=O) groups excluding carboxylic acids is 1. The average molecular weight is 445 g/mol. The van der Waals surface area contributed by atoms with Gasteiger partial charge in [-0.15, -0.1) is 11.3 Å². The lowest BCUT2D eigenvalue weighted by atomic mass is 10.1. The topological polar surface area (TPSA) is 66.5 Å². The van der Waals surface area contributed by atoms with Crippen LogP contribution in [0.1, 0.15) is 29.6 Å². The van der Waals surface area contributed by atoms with E-state index in [2.05, 4.69) is 5.32 Å². The number of rotatable bonds is 5. The molecule has 1 saturated heterocycles. The third kappa shape index (κ3) is 4.45. The van der Waals surface area contributed by atoms with E-state index in [1.807, 2.05) is 0 Å². The van der Waals surface area contributed by atoms with Crippen molar-refractivity contribution in [3.05, 3.63) is 72.0 Å². The minimum absolute atomic E-state index is 0.340. The number of halogens is 1. The normalized spacial score (nSPS) is 15.1. The van der Waals surface area contributed by atoms with Gasteiger partial charge in [0, 0.05) is 29.2 Å². The second-order valence-corrected chi connectivity index (χ2v) is 10.4. The molecular weight excluding hydrogens is 423 g/mol. The maximum atomic E-state index is 13.3. The summed E-state index contributed by atoms with van der Waals surface area (Å²) in [6.45, 7) is 1.15. The van der Waals surface area contributed by atoms with E-state index in [0.29, 0.717) is 28.5 Å². The summed E-state index contributed by atoms with van der Waals surface area (Å²) in [5.41, 5.74) is 1.65. The van der Waals surface area contributed by atoms with E-state index >= 15 is 0 Å². The number of carbonyl (C=O) groups is 1. The highest BCUT2D eigenvalue weighted by atomic mass is 32.2. The molecule has 1 aliphatic rings. The van der Waals surface area contributed by atoms with Crippen molar-refractivity contribution >= 4 is 33.0 Å². The molecule has 1 N–H and O–H groups in total. The van der Waals surface area contributed by atoms with E-state index in [1.54, 1.807) is 46.8 Å². The maximum absolute atomic E-state index is 13.3. The Morgan fingerprint density at radius 2 is 1.70 bits per heavy atom. The summed E-state index contributed by atoms with van der Waals surface area (Å²) in [6.07, 6.45) is 2.87. The minimum atomic E-state index is -3.45. The molecule has 156 valence electrons. The first kappa shape index (κ1) is 20.7. The number of amides is 1. The number of benzene rings is 2. The first-order valence-corrected chi connectivity index (χ1v) is 12.0. The minimum Gasteiger partial charge on any atom is -0.322 e. The molecule has 1 amide bonds. The van der Waals surface area contributed by atoms with E-state index in [0.717, 1.165) is 29.7 Å². The van der Waals surface area contributed by atoms with E-state index < -0.39 is 15.8 Å². The third-order valence-corrected chi connectivity index (χ3v) is 8.50. The van der Waals surface area contributed by atoms with Gasteiger partial charge in [-0.2, -0.15) is 4.31 Å². The molecule has 1 fully saturated rings. The van der Waals surface area contributed by atoms with Gasteiger partial charge in [0.15, 0.2) is 0 Å². The Labute approximate surface area is 179 Å². The second kappa shape index (κ2) is 8.67. The van der Waals surface area contributed by atoms with E-state index in [-0.39, 0.29) is 5.91 Å². The summed E-state index contributed by atoms with van der Waals surface area (Å²) in [6, 6.07) is 16.1. The lowest BCUT2D eigenvalue weighted by Gasteiger charge is -2.25. The monoisotopic (exact) mass is 444 g/mol. The summed E-state index contributed by atoms with van der Waals surface area (Å²) < 4.78 is 40.8. The van der Waals surface area contributed by atoms with Crippen molar-refractivity contribution < 1.29 is 17.6 Å². The highest BCUT2D eigenvalue weighted by molar-refractivity contribution is 7.91. The van der Waals surface area contributed by atoms with Crippen LogP contribution in [0.3, 0.4) is 0 Å². The first-order chi connectivity index (χ1) is 14.4. The Bertz CT molecular complexity index is 1150. The molecule has 2 aromatic carbocycles. The third-order valence-electron chi connectivity index (χ3n) is 5.00. The van der Waals surface area contributed by atoms with Gasteiger partial charge >= 0.3 is 0 Å². The quantitative estimate of drug-likeness (QED) is 0.603. The van der Waals surface area contributed by atoms with Crippen LogP contribution in [0.2, 0.25) is 0 Å². The highest BCUT2D eigenvalue weighted by Crippen LogP contribution is 2.33. The van der Waals surface area contributed by atoms with Crippen molar-refractivity contribution in [2.75, 3.05) is 18.4 Å². The maximum Gasteiger partial charge on any atom is 0.255 e. The van der Waals surface area contributed by atoms with Crippen molar-refractivity contribution in [2.24, 2.45) is 0 Å². The molecule has 0 saturated carbocycles. The van der Waals surface area contributed by atoms with Crippen molar-refractivity contribution in [1.29, 1.82) is 0 Å². The van der Waals surface area contributed by atoms with Gasteiger partial charge in [-0.05, 0) is 60.9 Å². The number of sulfonamides is 1. The van der Waals surface area contributed by atoms with Crippen LogP contribution in [0.5, 0.6) is 0 Å². The number of hydrogen-bond donors (Lipinski definition) is 1. The highest BCUT2D eigenvalue weighted by Gasteiger charge is 2.27. The lowest BCUT2D eigenvalue weighted by molar-refractivity contribution is 0.102. The van der Waals surface area contributed by atoms with Gasteiger partial charge in [0.05, 0.1) is 0 Å². The summed E-state index contributed by atoms with van der Waals surface area (Å²) in [4.78, 5) is 13.2. The molecule has 3 aromatic rings. The molecule has 4 rings (SSSR count). The smallest absolute Gasteiger partial charge is 0.255 e. The summed E-state index contributed by atoms with van der Waals surface area (Å²) in [7, 11) is -3.45. The standard InChI is InChI=1S/C22H21FN2O3S2/c23-18-5-4-6-19(15-18)24-22(26)17-9-7-16(8-10-17)20-11-12-21(29-20)30(27,28)25-13-2-1-3-14-25/h4-12,15H,1-3,13-14H2,(H,24,26). The van der Waals surface area contributed by atoms with Gasteiger partial charge in [0.1, 0.15) is 10.0 Å². The zero-order valence-electron chi connectivity index (χ0n) is 16.2. The fourth-order valence-electron chi connectivity index (χ4n) is 3.40. The molecule has 0 unspecified atom stereocenters. The summed E-state index contributed by atoms with van der Waals surface area (Å²) in [5, 5.41) is 2.66. The largest absolute Gasteiger partial charge is 0.322 e. The molecular formula is C22H21FN2O3S2. The van der Waals surface area contributed by atoms with Crippen molar-refractivity contribution in [1.82, 2.24) is 4.31 Å². The Balaban J connectivity index is 1.49. The zero-order valence-corrected chi connectivity index (χ0v) is 17.8. The lowest BCUT2D eigenvalue weighted by Crippen LogP contribution is -2.35. The SMILES string of the molecule is O=C(Nc1cccc(F)c1)c1ccc(-c2ccc(S(=O)(=O)N3CCCCC3)s2)cc1. The molecule has 5 nitrogen and oxygen atoms in total. The average Bonchev–Trinajstić information content (AvgIpc) is 3.26. The van der Waals surface area contributed by atoms with Gasteiger partial charge in [0.2, 0.25) is 0 Å². The molecule has 0 radical (unpaired) electrons. The molecule has 30 heavy (non-hydrogen) atoms. The van der Waals surface area contributed by atoms with Gasteiger partial charge in [-0.3, -0.25) is 4.79 Å². The fraction of sp³-hybridized carbons (Fsp3) is 0.227. The predicted molar refractivity (Wildman–Crippen MR) is 117 cm³/mol. The van der Waals surface area contributed by atoms with Crippen LogP contribution in [0, 0.1) is 5.82 Å². The summed E-state index contributed by atoms with van der Waals surface area (Å²) in [5.74, 6) is -0.761. The molecule has 8 heteroatoms. The second-order valence-electron chi connectivity index (χ2n) is 7.13. The molecule has 1 aromatic heterocycles. The van der Waals surface area contributed by atoms with Crippen LogP contribution in [-0.2, 0) is 10.0 Å². The van der Waals surface area contributed by atoms with Crippen LogP contribution >= 0.6 is 11.3 Å². The molecule has 0 atom stereocenters. The van der Waals surface area contributed by atoms with Gasteiger partial charge < -0.3 is 5.32 Å². The van der Waals surface area contributed by atoms with Gasteiger partial charge in [0.25, 0.3) is 15.9 Å². The number of piperidine rings is 1. The van der Waals surface area contributed by atoms with E-state index in [4.69, 9.17) is 0 Å². The zero-order chi connectivity index (χ0) is 21.1. The number of hydrogen-bond acceptors (Lipinski definition) is 4. The van der Waals surface area contributed by atoms with Crippen molar-refractivity contribution in [2.45, 2.75) is 23.5 Å². The van der Waals surface area contributed by atoms with Crippen LogP contribution in [0.15, 0.2) is 64.9 Å². The van der Waals surface area contributed by atoms with Gasteiger partial charge in [-0.25, -0.2) is 12.8 Å². The van der Waals surface area contributed by atoms with E-state index in [1.165, 1.54) is 29.5 Å². The fourth-order valence-corrected chi connectivity index (χ4v) is 6.38. The van der Waals surface area contributed by atoms with Crippen LogP contribution in [0.4, 0.5) is 10.1 Å². The van der Waals surface area contributed by atoms with Crippen molar-refractivity contribution in [3.8, 4) is 10.4 Å². The molecule has 0 aliphatic carbocycles. The number of nitrogens with one attached hydrogen (secondary N) is 1. The predicted octanol–water partition coefficient (Wildman–Crippen LogP) is 4.98. The van der Waals surface area contributed by atoms with Crippen LogP contribution in [0.25, 0.3) is 10.4 Å². The number of thiophene rings is 1. The number of nitrogens with zero attached hydrogens (tertiary/aromatic N) is 1. The van der Waals surface area contributed by atoms with Crippen molar-refractivity contribution in [3.63, 3.8) is 0 Å². The Morgan fingerprint density at radius 3 is 2.40 bits per heavy atom. The first-order valence-electron chi connectivity index (χ1n) is 9.71. The molecule has 1 aliphatic heterocycles. The Kier molecular flexibility index (Phi) is 5.99. The van der Waals surface area contributed by atoms with E-state index in [9.17, 15) is 17.6 Å². The Hall–Kier alpha value is -2.55. The molecule has 0 bridgehead atoms. The summed E-state index contributed by atoms with van der Waals surface area (Å²) >= 11 is 1.23. The number of anilines is 1. The van der Waals surface area contributed by atoms with Crippen LogP contribution in [-0.4, -0.2) is 31.7 Å². The van der Waals surface area contributed by atoms with Crippen LogP contribution < -0.4 is 5.32 Å².